The summed E-state index contributed by atoms with van der Waals surface area (Å²) in [5, 5.41) is 14.0. The molecule has 1 aromatic rings. The molecule has 1 fully saturated rings. The van der Waals surface area contributed by atoms with Crippen LogP contribution in [0.3, 0.4) is 0 Å². The Hall–Kier alpha value is -0.920. The third-order valence-electron chi connectivity index (χ3n) is 3.48. The predicted molar refractivity (Wildman–Crippen MR) is 69.8 cm³/mol. The topological polar surface area (TPSA) is 92.4 Å². The molecule has 1 aromatic heterocycles. The number of sulfonamides is 1. The fourth-order valence-corrected chi connectivity index (χ4v) is 3.49. The van der Waals surface area contributed by atoms with Crippen LogP contribution in [0.4, 0.5) is 0 Å². The predicted octanol–water partition coefficient (Wildman–Crippen LogP) is 1.18. The first kappa shape index (κ1) is 14.5. The summed E-state index contributed by atoms with van der Waals surface area (Å²) < 4.78 is 30.8. The van der Waals surface area contributed by atoms with Crippen LogP contribution in [0.5, 0.6) is 0 Å². The maximum Gasteiger partial charge on any atom is 0.217 e. The minimum Gasteiger partial charge on any atom is -0.389 e. The lowest BCUT2D eigenvalue weighted by atomic mass is 9.95. The van der Waals surface area contributed by atoms with Crippen molar-refractivity contribution >= 4 is 10.0 Å². The lowest BCUT2D eigenvalue weighted by Crippen LogP contribution is -2.42. The maximum absolute atomic E-state index is 11.9. The van der Waals surface area contributed by atoms with Crippen LogP contribution in [0.1, 0.15) is 44.2 Å². The van der Waals surface area contributed by atoms with Crippen molar-refractivity contribution in [1.82, 2.24) is 9.88 Å². The molecule has 0 saturated heterocycles. The highest BCUT2D eigenvalue weighted by atomic mass is 32.2. The molecule has 1 aliphatic carbocycles. The number of hydrogen-bond donors (Lipinski definition) is 2. The van der Waals surface area contributed by atoms with E-state index in [2.05, 4.69) is 14.4 Å². The van der Waals surface area contributed by atoms with E-state index in [1.807, 2.05) is 0 Å². The van der Waals surface area contributed by atoms with Gasteiger partial charge in [0.2, 0.25) is 10.0 Å². The number of rotatable bonds is 5. The molecule has 1 saturated carbocycles. The van der Waals surface area contributed by atoms with Crippen LogP contribution in [0.25, 0.3) is 0 Å². The van der Waals surface area contributed by atoms with Gasteiger partial charge in [0.25, 0.3) is 0 Å². The Bertz CT molecular complexity index is 476. The molecule has 108 valence electrons. The highest BCUT2D eigenvalue weighted by molar-refractivity contribution is 7.88. The molecular formula is C12H20N2O4S. The molecule has 7 heteroatoms. The molecule has 2 rings (SSSR count). The number of nitrogens with zero attached hydrogens (tertiary/aromatic N) is 1. The van der Waals surface area contributed by atoms with Gasteiger partial charge in [-0.25, -0.2) is 13.1 Å². The van der Waals surface area contributed by atoms with Crippen LogP contribution >= 0.6 is 0 Å². The van der Waals surface area contributed by atoms with Crippen LogP contribution in [0, 0.1) is 0 Å². The zero-order chi connectivity index (χ0) is 13.8. The normalized spacial score (nSPS) is 20.1. The van der Waals surface area contributed by atoms with E-state index in [0.29, 0.717) is 18.5 Å². The van der Waals surface area contributed by atoms with Gasteiger partial charge in [-0.2, -0.15) is 0 Å². The van der Waals surface area contributed by atoms with Gasteiger partial charge in [0, 0.05) is 12.6 Å². The largest absolute Gasteiger partial charge is 0.389 e. The monoisotopic (exact) mass is 288 g/mol. The molecule has 0 aliphatic heterocycles. The summed E-state index contributed by atoms with van der Waals surface area (Å²) in [6.07, 6.45) is 6.74. The summed E-state index contributed by atoms with van der Waals surface area (Å²) in [6, 6.07) is 1.51. The van der Waals surface area contributed by atoms with E-state index in [1.54, 1.807) is 0 Å². The Balaban J connectivity index is 1.89. The van der Waals surface area contributed by atoms with Crippen LogP contribution in [0.2, 0.25) is 0 Å². The lowest BCUT2D eigenvalue weighted by molar-refractivity contribution is 0.0303. The Labute approximate surface area is 113 Å². The van der Waals surface area contributed by atoms with Crippen molar-refractivity contribution in [2.75, 3.05) is 6.54 Å². The van der Waals surface area contributed by atoms with Crippen molar-refractivity contribution in [3.63, 3.8) is 0 Å². The highest BCUT2D eigenvalue weighted by Gasteiger charge is 2.29. The quantitative estimate of drug-likeness (QED) is 0.794. The summed E-state index contributed by atoms with van der Waals surface area (Å²) in [5.74, 6) is -0.223. The fraction of sp³-hybridized carbons (Fsp3) is 0.750. The van der Waals surface area contributed by atoms with Gasteiger partial charge in [0.05, 0.1) is 11.3 Å². The van der Waals surface area contributed by atoms with Gasteiger partial charge in [-0.15, -0.1) is 0 Å². The molecule has 0 amide bonds. The second-order valence-electron chi connectivity index (χ2n) is 5.21. The van der Waals surface area contributed by atoms with Crippen molar-refractivity contribution in [1.29, 1.82) is 0 Å². The van der Waals surface area contributed by atoms with E-state index in [0.717, 1.165) is 25.7 Å². The molecular weight excluding hydrogens is 268 g/mol. The van der Waals surface area contributed by atoms with Gasteiger partial charge < -0.3 is 9.63 Å². The van der Waals surface area contributed by atoms with Crippen LogP contribution in [-0.2, 0) is 15.8 Å². The van der Waals surface area contributed by atoms with Crippen molar-refractivity contribution in [3.8, 4) is 0 Å². The van der Waals surface area contributed by atoms with Crippen molar-refractivity contribution in [2.24, 2.45) is 0 Å². The average Bonchev–Trinajstić information content (AvgIpc) is 2.74. The number of aromatic nitrogens is 1. The molecule has 0 atom stereocenters. The Morgan fingerprint density at radius 2 is 2.00 bits per heavy atom. The molecule has 0 unspecified atom stereocenters. The zero-order valence-corrected chi connectivity index (χ0v) is 11.7. The molecule has 19 heavy (non-hydrogen) atoms. The van der Waals surface area contributed by atoms with Crippen LogP contribution < -0.4 is 4.72 Å². The first-order valence-electron chi connectivity index (χ1n) is 6.58. The third-order valence-corrected chi connectivity index (χ3v) is 4.74. The second-order valence-corrected chi connectivity index (χ2v) is 7.02. The van der Waals surface area contributed by atoms with Crippen molar-refractivity contribution in [3.05, 3.63) is 18.0 Å². The molecule has 0 spiro atoms. The van der Waals surface area contributed by atoms with Gasteiger partial charge >= 0.3 is 0 Å². The molecule has 0 bridgehead atoms. The van der Waals surface area contributed by atoms with E-state index in [9.17, 15) is 13.5 Å². The summed E-state index contributed by atoms with van der Waals surface area (Å²) >= 11 is 0. The summed E-state index contributed by atoms with van der Waals surface area (Å²) in [4.78, 5) is 0. The van der Waals surface area contributed by atoms with Crippen molar-refractivity contribution < 1.29 is 18.0 Å². The minimum absolute atomic E-state index is 0.0766. The number of nitrogens with one attached hydrogen (secondary N) is 1. The van der Waals surface area contributed by atoms with Crippen molar-refractivity contribution in [2.45, 2.75) is 49.9 Å². The zero-order valence-electron chi connectivity index (χ0n) is 10.8. The molecule has 6 nitrogen and oxygen atoms in total. The highest BCUT2D eigenvalue weighted by Crippen LogP contribution is 2.26. The molecule has 1 aliphatic rings. The Morgan fingerprint density at radius 3 is 2.58 bits per heavy atom. The summed E-state index contributed by atoms with van der Waals surface area (Å²) in [7, 11) is -3.49. The molecule has 0 radical (unpaired) electrons. The standard InChI is InChI=1S/C12H20N2O4S/c15-12(6-3-1-2-4-7-12)10-13-19(16,17)9-11-5-8-18-14-11/h5,8,13,15H,1-4,6-7,9-10H2. The SMILES string of the molecule is O=S(=O)(Cc1ccon1)NCC1(O)CCCCCC1. The van der Waals surface area contributed by atoms with Gasteiger partial charge in [-0.3, -0.25) is 0 Å². The third kappa shape index (κ3) is 4.59. The Kier molecular flexibility index (Phi) is 4.59. The Morgan fingerprint density at radius 1 is 1.32 bits per heavy atom. The van der Waals surface area contributed by atoms with E-state index < -0.39 is 15.6 Å². The van der Waals surface area contributed by atoms with Crippen LogP contribution in [-0.4, -0.2) is 30.8 Å². The number of hydrogen-bond acceptors (Lipinski definition) is 5. The van der Waals surface area contributed by atoms with E-state index in [-0.39, 0.29) is 12.3 Å². The summed E-state index contributed by atoms with van der Waals surface area (Å²) in [6.45, 7) is 0.0766. The van der Waals surface area contributed by atoms with E-state index in [1.165, 1.54) is 12.3 Å². The first-order chi connectivity index (χ1) is 8.99. The van der Waals surface area contributed by atoms with Gasteiger partial charge in [-0.1, -0.05) is 30.8 Å². The smallest absolute Gasteiger partial charge is 0.217 e. The van der Waals surface area contributed by atoms with Crippen LogP contribution in [0.15, 0.2) is 16.9 Å². The molecule has 1 heterocycles. The van der Waals surface area contributed by atoms with Gasteiger partial charge in [-0.05, 0) is 12.8 Å². The molecule has 2 N–H and O–H groups in total. The first-order valence-corrected chi connectivity index (χ1v) is 8.23. The fourth-order valence-electron chi connectivity index (χ4n) is 2.37. The minimum atomic E-state index is -3.49. The van der Waals surface area contributed by atoms with E-state index in [4.69, 9.17) is 0 Å². The second kappa shape index (κ2) is 6.02. The van der Waals surface area contributed by atoms with Gasteiger partial charge in [0.1, 0.15) is 12.0 Å². The average molecular weight is 288 g/mol. The number of aliphatic hydroxyl groups is 1. The maximum atomic E-state index is 11.9. The summed E-state index contributed by atoms with van der Waals surface area (Å²) in [5.41, 5.74) is -0.548. The molecule has 0 aromatic carbocycles. The lowest BCUT2D eigenvalue weighted by Gasteiger charge is -2.26. The van der Waals surface area contributed by atoms with Gasteiger partial charge in [0.15, 0.2) is 0 Å². The van der Waals surface area contributed by atoms with E-state index >= 15 is 0 Å².